The summed E-state index contributed by atoms with van der Waals surface area (Å²) in [6.45, 7) is 6.86. The maximum atomic E-state index is 12.5. The average Bonchev–Trinajstić information content (AvgIpc) is 2.59. The summed E-state index contributed by atoms with van der Waals surface area (Å²) in [7, 11) is 1.98. The number of halogens is 1. The van der Waals surface area contributed by atoms with Crippen LogP contribution in [0.2, 0.25) is 0 Å². The van der Waals surface area contributed by atoms with Crippen LogP contribution >= 0.6 is 15.9 Å². The minimum absolute atomic E-state index is 0.0118. The zero-order chi connectivity index (χ0) is 18.4. The first-order valence-electron chi connectivity index (χ1n) is 8.18. The third-order valence-electron chi connectivity index (χ3n) is 3.90. The number of Topliss-reactive ketones (excluding diaryl/α,β-unsaturated/α-hetero) is 1. The van der Waals surface area contributed by atoms with Gasteiger partial charge in [0.2, 0.25) is 0 Å². The second-order valence-electron chi connectivity index (χ2n) is 5.94. The molecule has 0 N–H and O–H groups in total. The molecule has 0 aliphatic rings. The molecule has 2 rings (SSSR count). The summed E-state index contributed by atoms with van der Waals surface area (Å²) in [5.41, 5.74) is 3.43. The zero-order valence-electron chi connectivity index (χ0n) is 15.0. The number of hydrogen-bond acceptors (Lipinski definition) is 3. The SMILES string of the molecule is CCN(C)C=Nc1cc(C)c(C(=O)COc2cccc(Br)c2)cc1C. The van der Waals surface area contributed by atoms with Gasteiger partial charge in [0.15, 0.2) is 12.4 Å². The fraction of sp³-hybridized carbons (Fsp3) is 0.300. The van der Waals surface area contributed by atoms with E-state index in [1.54, 1.807) is 6.34 Å². The summed E-state index contributed by atoms with van der Waals surface area (Å²) in [5.74, 6) is 0.628. The molecule has 0 amide bonds. The van der Waals surface area contributed by atoms with Crippen molar-refractivity contribution in [3.8, 4) is 5.75 Å². The van der Waals surface area contributed by atoms with Crippen molar-refractivity contribution in [2.24, 2.45) is 4.99 Å². The lowest BCUT2D eigenvalue weighted by molar-refractivity contribution is 0.0921. The number of carbonyl (C=O) groups is 1. The van der Waals surface area contributed by atoms with Crippen molar-refractivity contribution < 1.29 is 9.53 Å². The van der Waals surface area contributed by atoms with Crippen molar-refractivity contribution in [2.45, 2.75) is 20.8 Å². The van der Waals surface area contributed by atoms with Gasteiger partial charge in [0.25, 0.3) is 0 Å². The van der Waals surface area contributed by atoms with Crippen LogP contribution in [0.3, 0.4) is 0 Å². The first-order valence-corrected chi connectivity index (χ1v) is 8.97. The Morgan fingerprint density at radius 3 is 2.68 bits per heavy atom. The number of aliphatic imine (C=N–C) groups is 1. The highest BCUT2D eigenvalue weighted by Gasteiger charge is 2.12. The van der Waals surface area contributed by atoms with Crippen LogP contribution < -0.4 is 4.74 Å². The summed E-state index contributed by atoms with van der Waals surface area (Å²) < 4.78 is 6.53. The van der Waals surface area contributed by atoms with E-state index in [0.29, 0.717) is 11.3 Å². The highest BCUT2D eigenvalue weighted by atomic mass is 79.9. The maximum absolute atomic E-state index is 12.5. The molecule has 0 spiro atoms. The highest BCUT2D eigenvalue weighted by molar-refractivity contribution is 9.10. The molecule has 0 aliphatic heterocycles. The molecule has 2 aromatic carbocycles. The van der Waals surface area contributed by atoms with Gasteiger partial charge in [-0.1, -0.05) is 22.0 Å². The molecule has 25 heavy (non-hydrogen) atoms. The van der Waals surface area contributed by atoms with Crippen LogP contribution in [0.5, 0.6) is 5.75 Å². The van der Waals surface area contributed by atoms with Gasteiger partial charge < -0.3 is 9.64 Å². The number of carbonyl (C=O) groups excluding carboxylic acids is 1. The fourth-order valence-corrected chi connectivity index (χ4v) is 2.64. The normalized spacial score (nSPS) is 10.9. The number of ketones is 1. The standard InChI is InChI=1S/C20H23BrN2O2/c1-5-23(4)13-22-19-10-14(2)18(9-15(19)3)20(24)12-25-17-8-6-7-16(21)11-17/h6-11,13H,5,12H2,1-4H3. The molecular weight excluding hydrogens is 380 g/mol. The molecular formula is C20H23BrN2O2. The van der Waals surface area contributed by atoms with Crippen LogP contribution in [0.4, 0.5) is 5.69 Å². The number of benzene rings is 2. The molecule has 0 aliphatic carbocycles. The Morgan fingerprint density at radius 1 is 1.24 bits per heavy atom. The van der Waals surface area contributed by atoms with Crippen molar-refractivity contribution in [1.82, 2.24) is 4.90 Å². The number of aryl methyl sites for hydroxylation is 2. The molecule has 0 saturated carbocycles. The van der Waals surface area contributed by atoms with Crippen LogP contribution in [0.15, 0.2) is 45.9 Å². The first kappa shape index (κ1) is 19.2. The lowest BCUT2D eigenvalue weighted by Crippen LogP contribution is -2.14. The zero-order valence-corrected chi connectivity index (χ0v) is 16.6. The van der Waals surface area contributed by atoms with Crippen molar-refractivity contribution in [3.63, 3.8) is 0 Å². The van der Waals surface area contributed by atoms with Gasteiger partial charge in [-0.3, -0.25) is 4.79 Å². The molecule has 0 bridgehead atoms. The molecule has 0 unspecified atom stereocenters. The van der Waals surface area contributed by atoms with Crippen molar-refractivity contribution >= 4 is 33.7 Å². The van der Waals surface area contributed by atoms with Crippen LogP contribution in [0.1, 0.15) is 28.4 Å². The third kappa shape index (κ3) is 5.43. The van der Waals surface area contributed by atoms with Gasteiger partial charge in [-0.15, -0.1) is 0 Å². The van der Waals surface area contributed by atoms with Gasteiger partial charge in [0.05, 0.1) is 12.0 Å². The van der Waals surface area contributed by atoms with E-state index in [0.717, 1.165) is 27.8 Å². The van der Waals surface area contributed by atoms with Crippen molar-refractivity contribution in [1.29, 1.82) is 0 Å². The van der Waals surface area contributed by atoms with Gasteiger partial charge >= 0.3 is 0 Å². The summed E-state index contributed by atoms with van der Waals surface area (Å²) in [5, 5.41) is 0. The van der Waals surface area contributed by atoms with E-state index in [1.165, 1.54) is 0 Å². The molecule has 2 aromatic rings. The Labute approximate surface area is 157 Å². The second-order valence-corrected chi connectivity index (χ2v) is 6.86. The number of ether oxygens (including phenoxy) is 1. The van der Waals surface area contributed by atoms with Crippen molar-refractivity contribution in [3.05, 3.63) is 57.6 Å². The van der Waals surface area contributed by atoms with E-state index in [1.807, 2.05) is 62.2 Å². The van der Waals surface area contributed by atoms with Gasteiger partial charge in [-0.25, -0.2) is 4.99 Å². The average molecular weight is 403 g/mol. The minimum atomic E-state index is -0.0400. The van der Waals surface area contributed by atoms with E-state index < -0.39 is 0 Å². The summed E-state index contributed by atoms with van der Waals surface area (Å²) >= 11 is 3.39. The molecule has 132 valence electrons. The molecule has 0 fully saturated rings. The number of rotatable bonds is 7. The largest absolute Gasteiger partial charge is 0.485 e. The summed E-state index contributed by atoms with van der Waals surface area (Å²) in [6.07, 6.45) is 1.81. The van der Waals surface area contributed by atoms with Gasteiger partial charge in [0, 0.05) is 23.6 Å². The Hall–Kier alpha value is -2.14. The van der Waals surface area contributed by atoms with Crippen LogP contribution in [0.25, 0.3) is 0 Å². The van der Waals surface area contributed by atoms with Crippen LogP contribution in [0, 0.1) is 13.8 Å². The van der Waals surface area contributed by atoms with Crippen LogP contribution in [-0.2, 0) is 0 Å². The Kier molecular flexibility index (Phi) is 6.76. The number of hydrogen-bond donors (Lipinski definition) is 0. The highest BCUT2D eigenvalue weighted by Crippen LogP contribution is 2.24. The molecule has 0 atom stereocenters. The minimum Gasteiger partial charge on any atom is -0.485 e. The van der Waals surface area contributed by atoms with Gasteiger partial charge in [-0.2, -0.15) is 0 Å². The van der Waals surface area contributed by atoms with E-state index in [4.69, 9.17) is 4.74 Å². The van der Waals surface area contributed by atoms with E-state index in [9.17, 15) is 4.79 Å². The topological polar surface area (TPSA) is 41.9 Å². The Morgan fingerprint density at radius 2 is 2.00 bits per heavy atom. The molecule has 0 radical (unpaired) electrons. The maximum Gasteiger partial charge on any atom is 0.200 e. The summed E-state index contributed by atoms with van der Waals surface area (Å²) in [4.78, 5) is 19.0. The van der Waals surface area contributed by atoms with Gasteiger partial charge in [0.1, 0.15) is 5.75 Å². The van der Waals surface area contributed by atoms with Crippen molar-refractivity contribution in [2.75, 3.05) is 20.2 Å². The predicted molar refractivity (Wildman–Crippen MR) is 106 cm³/mol. The first-order chi connectivity index (χ1) is 11.9. The Bertz CT molecular complexity index is 787. The predicted octanol–water partition coefficient (Wildman–Crippen LogP) is 4.94. The molecule has 4 nitrogen and oxygen atoms in total. The fourth-order valence-electron chi connectivity index (χ4n) is 2.27. The monoisotopic (exact) mass is 402 g/mol. The van der Waals surface area contributed by atoms with E-state index in [2.05, 4.69) is 27.8 Å². The summed E-state index contributed by atoms with van der Waals surface area (Å²) in [6, 6.07) is 11.3. The third-order valence-corrected chi connectivity index (χ3v) is 4.40. The van der Waals surface area contributed by atoms with E-state index >= 15 is 0 Å². The quantitative estimate of drug-likeness (QED) is 0.374. The lowest BCUT2D eigenvalue weighted by Gasteiger charge is -2.12. The number of nitrogens with zero attached hydrogens (tertiary/aromatic N) is 2. The second kappa shape index (κ2) is 8.81. The molecule has 5 heteroatoms. The van der Waals surface area contributed by atoms with Gasteiger partial charge in [-0.05, 0) is 62.2 Å². The molecule has 0 aromatic heterocycles. The van der Waals surface area contributed by atoms with Crippen LogP contribution in [-0.4, -0.2) is 37.2 Å². The smallest absolute Gasteiger partial charge is 0.200 e. The molecule has 0 saturated heterocycles. The molecule has 0 heterocycles. The lowest BCUT2D eigenvalue weighted by atomic mass is 10.0. The van der Waals surface area contributed by atoms with E-state index in [-0.39, 0.29) is 12.4 Å². The Balaban J connectivity index is 2.12.